The SMILES string of the molecule is C1=NC2=c3ccccc3=c3ccccc3=CN2C1. The highest BCUT2D eigenvalue weighted by Crippen LogP contribution is 2.12. The van der Waals surface area contributed by atoms with Gasteiger partial charge in [-0.2, -0.15) is 0 Å². The summed E-state index contributed by atoms with van der Waals surface area (Å²) in [5.74, 6) is 1.06. The van der Waals surface area contributed by atoms with E-state index in [-0.39, 0.29) is 0 Å². The molecule has 0 bridgehead atoms. The van der Waals surface area contributed by atoms with Crippen LogP contribution in [0.25, 0.3) is 12.0 Å². The quantitative estimate of drug-likeness (QED) is 0.666. The van der Waals surface area contributed by atoms with Gasteiger partial charge in [-0.3, -0.25) is 0 Å². The molecule has 2 nitrogen and oxygen atoms in total. The molecule has 0 amide bonds. The minimum atomic E-state index is 0.859. The molecule has 0 radical (unpaired) electrons. The molecule has 0 atom stereocenters. The zero-order chi connectivity index (χ0) is 11.9. The number of benzene rings is 2. The van der Waals surface area contributed by atoms with Gasteiger partial charge in [0.2, 0.25) is 0 Å². The van der Waals surface area contributed by atoms with E-state index in [4.69, 9.17) is 0 Å². The van der Waals surface area contributed by atoms with Gasteiger partial charge in [0.25, 0.3) is 0 Å². The Morgan fingerprint density at radius 1 is 0.833 bits per heavy atom. The predicted molar refractivity (Wildman–Crippen MR) is 72.9 cm³/mol. The Morgan fingerprint density at radius 3 is 2.44 bits per heavy atom. The number of hydrogen-bond donors (Lipinski definition) is 0. The zero-order valence-corrected chi connectivity index (χ0v) is 9.88. The number of aliphatic imine (C=N–C) groups is 1. The van der Waals surface area contributed by atoms with Crippen LogP contribution in [0.2, 0.25) is 0 Å². The van der Waals surface area contributed by atoms with Crippen LogP contribution in [0.4, 0.5) is 0 Å². The van der Waals surface area contributed by atoms with Crippen LogP contribution in [0, 0.1) is 10.4 Å². The maximum atomic E-state index is 4.53. The van der Waals surface area contributed by atoms with Gasteiger partial charge in [0.1, 0.15) is 5.82 Å². The van der Waals surface area contributed by atoms with Gasteiger partial charge >= 0.3 is 0 Å². The first-order chi connectivity index (χ1) is 8.93. The Morgan fingerprint density at radius 2 is 1.56 bits per heavy atom. The van der Waals surface area contributed by atoms with Crippen LogP contribution in [-0.4, -0.2) is 17.7 Å². The lowest BCUT2D eigenvalue weighted by Gasteiger charge is -2.11. The Kier molecular flexibility index (Phi) is 1.92. The third-order valence-corrected chi connectivity index (χ3v) is 3.48. The molecule has 0 unspecified atom stereocenters. The van der Waals surface area contributed by atoms with Gasteiger partial charge in [-0.15, -0.1) is 0 Å². The van der Waals surface area contributed by atoms with Crippen molar-refractivity contribution in [2.75, 3.05) is 6.54 Å². The molecular weight excluding hydrogens is 220 g/mol. The summed E-state index contributed by atoms with van der Waals surface area (Å²) >= 11 is 0. The molecule has 0 spiro atoms. The summed E-state index contributed by atoms with van der Waals surface area (Å²) in [5.41, 5.74) is 0. The van der Waals surface area contributed by atoms with Crippen molar-refractivity contribution in [1.29, 1.82) is 0 Å². The summed E-state index contributed by atoms with van der Waals surface area (Å²) in [5, 5.41) is 5.02. The molecule has 2 aliphatic heterocycles. The summed E-state index contributed by atoms with van der Waals surface area (Å²) < 4.78 is 0. The van der Waals surface area contributed by atoms with Crippen molar-refractivity contribution >= 4 is 18.2 Å². The van der Waals surface area contributed by atoms with Crippen LogP contribution in [0.5, 0.6) is 0 Å². The minimum Gasteiger partial charge on any atom is -0.327 e. The van der Waals surface area contributed by atoms with Crippen molar-refractivity contribution in [1.82, 2.24) is 4.90 Å². The van der Waals surface area contributed by atoms with Crippen molar-refractivity contribution in [2.45, 2.75) is 0 Å². The highest BCUT2D eigenvalue weighted by Gasteiger charge is 2.13. The van der Waals surface area contributed by atoms with E-state index >= 15 is 0 Å². The maximum absolute atomic E-state index is 4.53. The second-order valence-electron chi connectivity index (χ2n) is 4.55. The minimum absolute atomic E-state index is 0.859. The van der Waals surface area contributed by atoms with Crippen molar-refractivity contribution in [3.8, 4) is 0 Å². The van der Waals surface area contributed by atoms with E-state index in [0.717, 1.165) is 12.4 Å². The molecule has 0 fully saturated rings. The molecule has 0 aromatic heterocycles. The number of nitrogens with zero attached hydrogens (tertiary/aromatic N) is 2. The normalized spacial score (nSPS) is 15.6. The second-order valence-corrected chi connectivity index (χ2v) is 4.55. The van der Waals surface area contributed by atoms with Crippen molar-refractivity contribution in [3.63, 3.8) is 0 Å². The van der Waals surface area contributed by atoms with Gasteiger partial charge in [0.15, 0.2) is 0 Å². The number of fused-ring (bicyclic) bond motifs is 3. The monoisotopic (exact) mass is 232 g/mol. The average Bonchev–Trinajstić information content (AvgIpc) is 2.83. The molecule has 4 rings (SSSR count). The fraction of sp³-hybridized carbons (Fsp3) is 0.0625. The average molecular weight is 232 g/mol. The summed E-state index contributed by atoms with van der Waals surface area (Å²) in [6.07, 6.45) is 4.16. The molecule has 0 aliphatic carbocycles. The molecule has 0 saturated carbocycles. The van der Waals surface area contributed by atoms with Crippen LogP contribution >= 0.6 is 0 Å². The fourth-order valence-corrected chi connectivity index (χ4v) is 2.65. The Labute approximate surface area is 105 Å². The topological polar surface area (TPSA) is 15.6 Å². The van der Waals surface area contributed by atoms with Gasteiger partial charge in [-0.25, -0.2) is 4.99 Å². The third kappa shape index (κ3) is 1.26. The van der Waals surface area contributed by atoms with E-state index in [1.54, 1.807) is 0 Å². The molecule has 86 valence electrons. The van der Waals surface area contributed by atoms with E-state index < -0.39 is 0 Å². The largest absolute Gasteiger partial charge is 0.327 e. The maximum Gasteiger partial charge on any atom is 0.140 e. The number of rotatable bonds is 0. The van der Waals surface area contributed by atoms with Gasteiger partial charge in [-0.1, -0.05) is 48.5 Å². The van der Waals surface area contributed by atoms with Crippen molar-refractivity contribution in [3.05, 3.63) is 69.4 Å². The Bertz CT molecular complexity index is 862. The first-order valence-electron chi connectivity index (χ1n) is 6.13. The summed E-state index contributed by atoms with van der Waals surface area (Å²) in [7, 11) is 0. The molecule has 0 saturated heterocycles. The van der Waals surface area contributed by atoms with Gasteiger partial charge in [0, 0.05) is 17.6 Å². The molecule has 18 heavy (non-hydrogen) atoms. The smallest absolute Gasteiger partial charge is 0.140 e. The van der Waals surface area contributed by atoms with Crippen LogP contribution in [0.3, 0.4) is 0 Å². The van der Waals surface area contributed by atoms with Crippen LogP contribution in [0.1, 0.15) is 0 Å². The van der Waals surface area contributed by atoms with Crippen LogP contribution in [0.15, 0.2) is 53.5 Å². The molecule has 2 aromatic carbocycles. The zero-order valence-electron chi connectivity index (χ0n) is 9.88. The number of hydrogen-bond acceptors (Lipinski definition) is 2. The van der Waals surface area contributed by atoms with Crippen molar-refractivity contribution in [2.24, 2.45) is 4.99 Å². The van der Waals surface area contributed by atoms with E-state index in [2.05, 4.69) is 64.6 Å². The fourth-order valence-electron chi connectivity index (χ4n) is 2.65. The van der Waals surface area contributed by atoms with Gasteiger partial charge in [0.05, 0.1) is 6.54 Å². The summed E-state index contributed by atoms with van der Waals surface area (Å²) in [4.78, 5) is 6.74. The Hall–Kier alpha value is -2.35. The Balaban J connectivity index is 2.40. The molecular formula is C16H12N2. The molecule has 2 aliphatic rings. The standard InChI is InChI=1S/C16H12N2/c1-2-6-13-12(5-1)11-18-10-9-17-16(18)15-8-4-3-7-14(13)15/h1-9,11H,10H2. The third-order valence-electron chi connectivity index (χ3n) is 3.48. The van der Waals surface area contributed by atoms with E-state index in [1.165, 1.54) is 20.9 Å². The summed E-state index contributed by atoms with van der Waals surface area (Å²) in [6.45, 7) is 0.859. The highest BCUT2D eigenvalue weighted by molar-refractivity contribution is 5.76. The molecule has 2 heterocycles. The first-order valence-corrected chi connectivity index (χ1v) is 6.13. The highest BCUT2D eigenvalue weighted by atomic mass is 15.2. The lowest BCUT2D eigenvalue weighted by Crippen LogP contribution is -2.18. The van der Waals surface area contributed by atoms with Gasteiger partial charge in [-0.05, 0) is 15.7 Å². The lowest BCUT2D eigenvalue weighted by molar-refractivity contribution is 0.674. The van der Waals surface area contributed by atoms with Gasteiger partial charge < -0.3 is 4.90 Å². The predicted octanol–water partition coefficient (Wildman–Crippen LogP) is 1.18. The van der Waals surface area contributed by atoms with E-state index in [9.17, 15) is 0 Å². The first kappa shape index (κ1) is 9.66. The second kappa shape index (κ2) is 3.57. The van der Waals surface area contributed by atoms with E-state index in [0.29, 0.717) is 0 Å². The molecule has 2 heteroatoms. The summed E-state index contributed by atoms with van der Waals surface area (Å²) in [6, 6.07) is 17.0. The van der Waals surface area contributed by atoms with Crippen LogP contribution in [-0.2, 0) is 0 Å². The van der Waals surface area contributed by atoms with Crippen molar-refractivity contribution < 1.29 is 0 Å². The lowest BCUT2D eigenvalue weighted by atomic mass is 10.1. The molecule has 2 aromatic rings. The van der Waals surface area contributed by atoms with E-state index in [1.807, 2.05) is 6.21 Å². The van der Waals surface area contributed by atoms with Crippen LogP contribution < -0.4 is 10.4 Å². The molecule has 0 N–H and O–H groups in total.